The predicted molar refractivity (Wildman–Crippen MR) is 73.0 cm³/mol. The maximum atomic E-state index is 9.45. The Balaban J connectivity index is 2.21. The fourth-order valence-electron chi connectivity index (χ4n) is 2.36. The lowest BCUT2D eigenvalue weighted by Gasteiger charge is -2.35. The summed E-state index contributed by atoms with van der Waals surface area (Å²) in [4.78, 5) is 12.9. The molecule has 18 heavy (non-hydrogen) atoms. The van der Waals surface area contributed by atoms with E-state index in [0.717, 1.165) is 31.1 Å². The van der Waals surface area contributed by atoms with Gasteiger partial charge in [0.25, 0.3) is 0 Å². The van der Waals surface area contributed by atoms with E-state index >= 15 is 0 Å². The van der Waals surface area contributed by atoms with Gasteiger partial charge < -0.3 is 14.9 Å². The molecule has 0 aliphatic carbocycles. The first-order valence-electron chi connectivity index (χ1n) is 6.67. The van der Waals surface area contributed by atoms with Gasteiger partial charge in [-0.15, -0.1) is 0 Å². The Hall–Kier alpha value is -1.36. The Morgan fingerprint density at radius 2 is 2.28 bits per heavy atom. The molecule has 0 saturated carbocycles. The minimum absolute atomic E-state index is 0.197. The summed E-state index contributed by atoms with van der Waals surface area (Å²) < 4.78 is 0. The van der Waals surface area contributed by atoms with E-state index in [0.29, 0.717) is 0 Å². The molecule has 1 atom stereocenters. The average molecular weight is 250 g/mol. The van der Waals surface area contributed by atoms with Gasteiger partial charge in [-0.25, -0.2) is 9.97 Å². The fourth-order valence-corrected chi connectivity index (χ4v) is 2.36. The number of piperidine rings is 1. The smallest absolute Gasteiger partial charge is 0.134 e. The van der Waals surface area contributed by atoms with Crippen LogP contribution in [-0.4, -0.2) is 47.9 Å². The molecule has 0 bridgehead atoms. The topological polar surface area (TPSA) is 52.5 Å². The van der Waals surface area contributed by atoms with Crippen molar-refractivity contribution in [1.82, 2.24) is 9.97 Å². The van der Waals surface area contributed by atoms with Crippen molar-refractivity contribution in [3.8, 4) is 0 Å². The molecule has 2 heterocycles. The van der Waals surface area contributed by atoms with Crippen molar-refractivity contribution in [1.29, 1.82) is 0 Å². The van der Waals surface area contributed by atoms with Crippen LogP contribution in [0.4, 0.5) is 11.6 Å². The van der Waals surface area contributed by atoms with Crippen molar-refractivity contribution < 1.29 is 5.11 Å². The van der Waals surface area contributed by atoms with E-state index in [-0.39, 0.29) is 12.6 Å². The number of aromatic nitrogens is 2. The molecule has 1 saturated heterocycles. The van der Waals surface area contributed by atoms with Gasteiger partial charge >= 0.3 is 0 Å². The van der Waals surface area contributed by atoms with Crippen LogP contribution in [0.15, 0.2) is 12.4 Å². The lowest BCUT2D eigenvalue weighted by Crippen LogP contribution is -2.42. The lowest BCUT2D eigenvalue weighted by molar-refractivity contribution is 0.239. The highest BCUT2D eigenvalue weighted by Gasteiger charge is 2.23. The van der Waals surface area contributed by atoms with Crippen LogP contribution in [0.1, 0.15) is 26.2 Å². The zero-order valence-corrected chi connectivity index (χ0v) is 11.2. The van der Waals surface area contributed by atoms with Crippen molar-refractivity contribution in [2.75, 3.05) is 36.5 Å². The maximum Gasteiger partial charge on any atom is 0.134 e. The Morgan fingerprint density at radius 3 is 3.00 bits per heavy atom. The highest BCUT2D eigenvalue weighted by Crippen LogP contribution is 2.24. The fraction of sp³-hybridized carbons (Fsp3) is 0.692. The van der Waals surface area contributed by atoms with Crippen LogP contribution in [0.25, 0.3) is 0 Å². The van der Waals surface area contributed by atoms with Crippen molar-refractivity contribution in [3.05, 3.63) is 12.4 Å². The molecule has 5 heteroatoms. The van der Waals surface area contributed by atoms with Gasteiger partial charge in [-0.2, -0.15) is 0 Å². The van der Waals surface area contributed by atoms with Crippen LogP contribution < -0.4 is 9.80 Å². The Kier molecular flexibility index (Phi) is 4.36. The summed E-state index contributed by atoms with van der Waals surface area (Å²) in [6, 6.07) is 2.21. The van der Waals surface area contributed by atoms with Crippen LogP contribution >= 0.6 is 0 Å². The largest absolute Gasteiger partial charge is 0.394 e. The van der Waals surface area contributed by atoms with Gasteiger partial charge in [0.15, 0.2) is 0 Å². The standard InChI is InChI=1S/C13H22N4O/c1-3-16(2)12-8-13(15-10-14-12)17-7-5-4-6-11(17)9-18/h8,10-11,18H,3-7,9H2,1-2H3. The van der Waals surface area contributed by atoms with Gasteiger partial charge in [-0.3, -0.25) is 0 Å². The molecule has 1 aromatic rings. The molecule has 0 amide bonds. The van der Waals surface area contributed by atoms with E-state index < -0.39 is 0 Å². The Morgan fingerprint density at radius 1 is 1.44 bits per heavy atom. The van der Waals surface area contributed by atoms with Gasteiger partial charge in [0.05, 0.1) is 12.6 Å². The Labute approximate surface area is 108 Å². The molecule has 1 aliphatic heterocycles. The molecule has 1 aliphatic rings. The molecule has 0 spiro atoms. The molecule has 2 rings (SSSR count). The number of hydrogen-bond donors (Lipinski definition) is 1. The number of nitrogens with zero attached hydrogens (tertiary/aromatic N) is 4. The lowest BCUT2D eigenvalue weighted by atomic mass is 10.0. The maximum absolute atomic E-state index is 9.45. The molecule has 0 aromatic carbocycles. The van der Waals surface area contributed by atoms with Crippen LogP contribution in [0, 0.1) is 0 Å². The van der Waals surface area contributed by atoms with Gasteiger partial charge in [0.2, 0.25) is 0 Å². The molecule has 1 N–H and O–H groups in total. The minimum Gasteiger partial charge on any atom is -0.394 e. The molecular weight excluding hydrogens is 228 g/mol. The summed E-state index contributed by atoms with van der Waals surface area (Å²) in [5.41, 5.74) is 0. The molecule has 1 unspecified atom stereocenters. The summed E-state index contributed by atoms with van der Waals surface area (Å²) in [5.74, 6) is 1.86. The molecule has 0 radical (unpaired) electrons. The predicted octanol–water partition coefficient (Wildman–Crippen LogP) is 1.28. The van der Waals surface area contributed by atoms with Crippen LogP contribution in [-0.2, 0) is 0 Å². The van der Waals surface area contributed by atoms with Crippen molar-refractivity contribution in [2.24, 2.45) is 0 Å². The minimum atomic E-state index is 0.197. The molecule has 1 aromatic heterocycles. The van der Waals surface area contributed by atoms with Gasteiger partial charge in [0, 0.05) is 26.2 Å². The highest BCUT2D eigenvalue weighted by molar-refractivity contribution is 5.50. The van der Waals surface area contributed by atoms with Crippen molar-refractivity contribution in [3.63, 3.8) is 0 Å². The van der Waals surface area contributed by atoms with E-state index in [1.165, 1.54) is 12.8 Å². The third-order valence-electron chi connectivity index (χ3n) is 3.64. The van der Waals surface area contributed by atoms with E-state index in [2.05, 4.69) is 26.7 Å². The molecular formula is C13H22N4O. The second-order valence-electron chi connectivity index (χ2n) is 4.77. The zero-order chi connectivity index (χ0) is 13.0. The van der Waals surface area contributed by atoms with Crippen molar-refractivity contribution in [2.45, 2.75) is 32.2 Å². The SMILES string of the molecule is CCN(C)c1cc(N2CCCCC2CO)ncn1. The number of hydrogen-bond acceptors (Lipinski definition) is 5. The summed E-state index contributed by atoms with van der Waals surface area (Å²) in [7, 11) is 2.02. The first-order chi connectivity index (χ1) is 8.76. The number of aliphatic hydroxyl groups is 1. The second-order valence-corrected chi connectivity index (χ2v) is 4.77. The zero-order valence-electron chi connectivity index (χ0n) is 11.2. The van der Waals surface area contributed by atoms with Gasteiger partial charge in [0.1, 0.15) is 18.0 Å². The second kappa shape index (κ2) is 6.00. The van der Waals surface area contributed by atoms with Crippen LogP contribution in [0.2, 0.25) is 0 Å². The van der Waals surface area contributed by atoms with Gasteiger partial charge in [-0.05, 0) is 26.2 Å². The normalized spacial score (nSPS) is 19.9. The van der Waals surface area contributed by atoms with Crippen LogP contribution in [0.5, 0.6) is 0 Å². The molecule has 1 fully saturated rings. The van der Waals surface area contributed by atoms with E-state index in [1.807, 2.05) is 13.1 Å². The summed E-state index contributed by atoms with van der Waals surface area (Å²) in [5, 5.41) is 9.45. The van der Waals surface area contributed by atoms with E-state index in [4.69, 9.17) is 0 Å². The van der Waals surface area contributed by atoms with E-state index in [1.54, 1.807) is 6.33 Å². The summed E-state index contributed by atoms with van der Waals surface area (Å²) in [6.07, 6.45) is 5.01. The number of anilines is 2. The van der Waals surface area contributed by atoms with Gasteiger partial charge in [-0.1, -0.05) is 0 Å². The third kappa shape index (κ3) is 2.72. The summed E-state index contributed by atoms with van der Waals surface area (Å²) >= 11 is 0. The van der Waals surface area contributed by atoms with E-state index in [9.17, 15) is 5.11 Å². The summed E-state index contributed by atoms with van der Waals surface area (Å²) in [6.45, 7) is 4.18. The monoisotopic (exact) mass is 250 g/mol. The first-order valence-corrected chi connectivity index (χ1v) is 6.67. The average Bonchev–Trinajstić information content (AvgIpc) is 2.46. The molecule has 100 valence electrons. The molecule has 5 nitrogen and oxygen atoms in total. The Bertz CT molecular complexity index is 385. The van der Waals surface area contributed by atoms with Crippen LogP contribution in [0.3, 0.4) is 0 Å². The first kappa shape index (κ1) is 13.1. The van der Waals surface area contributed by atoms with Crippen molar-refractivity contribution >= 4 is 11.6 Å². The quantitative estimate of drug-likeness (QED) is 0.872. The number of aliphatic hydroxyl groups excluding tert-OH is 1. The third-order valence-corrected chi connectivity index (χ3v) is 3.64. The number of rotatable bonds is 4. The highest BCUT2D eigenvalue weighted by atomic mass is 16.3.